The number of benzene rings is 2. The first kappa shape index (κ1) is 16.5. The Balaban J connectivity index is 2.00. The number of carboxylic acid groups (broad SMARTS) is 1. The van der Waals surface area contributed by atoms with Gasteiger partial charge in [-0.2, -0.15) is 0 Å². The maximum absolute atomic E-state index is 11.1. The van der Waals surface area contributed by atoms with E-state index in [4.69, 9.17) is 21.8 Å². The van der Waals surface area contributed by atoms with Crippen molar-refractivity contribution in [3.05, 3.63) is 65.0 Å². The fourth-order valence-corrected chi connectivity index (χ4v) is 2.70. The standard InChI is InChI=1S/C17H17N5O3/c1-22-13-7-6-11(17(23)24)8-12(13)20-16(22)14(18)9-2-4-10(5-3-9)15(19)21-25/h2-8,14,25H,18H2,1H3,(H2,19,21)(H,23,24). The molecule has 2 aromatic carbocycles. The Labute approximate surface area is 143 Å². The van der Waals surface area contributed by atoms with Gasteiger partial charge in [0.25, 0.3) is 0 Å². The average Bonchev–Trinajstić information content (AvgIpc) is 2.96. The lowest BCUT2D eigenvalue weighted by Gasteiger charge is -2.12. The molecule has 0 aliphatic rings. The quantitative estimate of drug-likeness (QED) is 0.245. The van der Waals surface area contributed by atoms with Crippen LogP contribution < -0.4 is 11.5 Å². The second kappa shape index (κ2) is 6.25. The Bertz CT molecular complexity index is 976. The highest BCUT2D eigenvalue weighted by molar-refractivity contribution is 5.97. The van der Waals surface area contributed by atoms with Crippen molar-refractivity contribution in [2.24, 2.45) is 23.7 Å². The average molecular weight is 339 g/mol. The summed E-state index contributed by atoms with van der Waals surface area (Å²) >= 11 is 0. The predicted molar refractivity (Wildman–Crippen MR) is 92.7 cm³/mol. The Hall–Kier alpha value is -3.39. The van der Waals surface area contributed by atoms with Gasteiger partial charge in [-0.1, -0.05) is 29.4 Å². The number of hydrogen-bond donors (Lipinski definition) is 4. The van der Waals surface area contributed by atoms with Crippen molar-refractivity contribution in [1.82, 2.24) is 9.55 Å². The van der Waals surface area contributed by atoms with Crippen molar-refractivity contribution >= 4 is 22.8 Å². The van der Waals surface area contributed by atoms with Gasteiger partial charge in [0.05, 0.1) is 22.6 Å². The molecule has 6 N–H and O–H groups in total. The van der Waals surface area contributed by atoms with Crippen LogP contribution in [0.1, 0.15) is 33.4 Å². The SMILES string of the molecule is Cn1c(C(N)c2ccc(/C(N)=N/O)cc2)nc2cc(C(=O)O)ccc21. The van der Waals surface area contributed by atoms with Crippen LogP contribution in [0.3, 0.4) is 0 Å². The molecule has 0 radical (unpaired) electrons. The van der Waals surface area contributed by atoms with Crippen LogP contribution in [0.2, 0.25) is 0 Å². The van der Waals surface area contributed by atoms with E-state index in [1.165, 1.54) is 12.1 Å². The number of oxime groups is 1. The van der Waals surface area contributed by atoms with Gasteiger partial charge in [0.2, 0.25) is 0 Å². The lowest BCUT2D eigenvalue weighted by Crippen LogP contribution is -2.17. The first-order valence-electron chi connectivity index (χ1n) is 7.45. The third-order valence-corrected chi connectivity index (χ3v) is 4.11. The zero-order valence-electron chi connectivity index (χ0n) is 13.4. The molecule has 0 bridgehead atoms. The minimum absolute atomic E-state index is 0.0176. The lowest BCUT2D eigenvalue weighted by molar-refractivity contribution is 0.0697. The number of carbonyl (C=O) groups is 1. The third-order valence-electron chi connectivity index (χ3n) is 4.11. The van der Waals surface area contributed by atoms with Gasteiger partial charge in [-0.3, -0.25) is 0 Å². The molecule has 1 aromatic heterocycles. The molecule has 0 spiro atoms. The van der Waals surface area contributed by atoms with E-state index in [9.17, 15) is 4.79 Å². The number of hydrogen-bond acceptors (Lipinski definition) is 5. The second-order valence-corrected chi connectivity index (χ2v) is 5.62. The number of fused-ring (bicyclic) bond motifs is 1. The summed E-state index contributed by atoms with van der Waals surface area (Å²) in [6.45, 7) is 0. The molecule has 8 nitrogen and oxygen atoms in total. The van der Waals surface area contributed by atoms with Crippen LogP contribution in [0, 0.1) is 0 Å². The molecule has 0 amide bonds. The molecule has 1 unspecified atom stereocenters. The monoisotopic (exact) mass is 339 g/mol. The van der Waals surface area contributed by atoms with Crippen LogP contribution in [0.4, 0.5) is 0 Å². The molecule has 0 saturated carbocycles. The highest BCUT2D eigenvalue weighted by Crippen LogP contribution is 2.24. The van der Waals surface area contributed by atoms with E-state index in [-0.39, 0.29) is 11.4 Å². The predicted octanol–water partition coefficient (Wildman–Crippen LogP) is 1.41. The Morgan fingerprint density at radius 2 is 1.84 bits per heavy atom. The van der Waals surface area contributed by atoms with Gasteiger partial charge < -0.3 is 26.3 Å². The van der Waals surface area contributed by atoms with E-state index in [2.05, 4.69) is 10.1 Å². The minimum Gasteiger partial charge on any atom is -0.478 e. The first-order valence-corrected chi connectivity index (χ1v) is 7.45. The fraction of sp³-hybridized carbons (Fsp3) is 0.118. The number of nitrogens with two attached hydrogens (primary N) is 2. The molecular weight excluding hydrogens is 322 g/mol. The van der Waals surface area contributed by atoms with E-state index >= 15 is 0 Å². The normalized spacial score (nSPS) is 13.1. The molecule has 128 valence electrons. The van der Waals surface area contributed by atoms with Crippen LogP contribution in [0.5, 0.6) is 0 Å². The van der Waals surface area contributed by atoms with E-state index < -0.39 is 12.0 Å². The third kappa shape index (κ3) is 2.90. The van der Waals surface area contributed by atoms with Crippen molar-refractivity contribution in [2.45, 2.75) is 6.04 Å². The van der Waals surface area contributed by atoms with Crippen LogP contribution in [0.25, 0.3) is 11.0 Å². The topological polar surface area (TPSA) is 140 Å². The lowest BCUT2D eigenvalue weighted by atomic mass is 10.0. The summed E-state index contributed by atoms with van der Waals surface area (Å²) in [5, 5.41) is 20.8. The molecule has 3 aromatic rings. The highest BCUT2D eigenvalue weighted by atomic mass is 16.4. The summed E-state index contributed by atoms with van der Waals surface area (Å²) in [5.41, 5.74) is 14.8. The molecule has 8 heteroatoms. The molecule has 0 fully saturated rings. The summed E-state index contributed by atoms with van der Waals surface area (Å²) in [6, 6.07) is 11.2. The fourth-order valence-electron chi connectivity index (χ4n) is 2.70. The molecule has 1 heterocycles. The van der Waals surface area contributed by atoms with Gasteiger partial charge >= 0.3 is 5.97 Å². The molecule has 3 rings (SSSR count). The molecule has 0 aliphatic heterocycles. The van der Waals surface area contributed by atoms with Crippen LogP contribution in [-0.4, -0.2) is 31.7 Å². The molecule has 1 atom stereocenters. The van der Waals surface area contributed by atoms with Crippen molar-refractivity contribution in [2.75, 3.05) is 0 Å². The number of aromatic nitrogens is 2. The summed E-state index contributed by atoms with van der Waals surface area (Å²) < 4.78 is 1.84. The van der Waals surface area contributed by atoms with Crippen molar-refractivity contribution in [3.63, 3.8) is 0 Å². The summed E-state index contributed by atoms with van der Waals surface area (Å²) in [7, 11) is 1.83. The highest BCUT2D eigenvalue weighted by Gasteiger charge is 2.18. The van der Waals surface area contributed by atoms with Gasteiger partial charge in [0.15, 0.2) is 5.84 Å². The Morgan fingerprint density at radius 1 is 1.20 bits per heavy atom. The van der Waals surface area contributed by atoms with Gasteiger partial charge in [-0.05, 0) is 23.8 Å². The molecule has 25 heavy (non-hydrogen) atoms. The summed E-state index contributed by atoms with van der Waals surface area (Å²) in [6.07, 6.45) is 0. The van der Waals surface area contributed by atoms with Gasteiger partial charge in [-0.25, -0.2) is 9.78 Å². The van der Waals surface area contributed by atoms with Gasteiger partial charge in [0, 0.05) is 12.6 Å². The summed E-state index contributed by atoms with van der Waals surface area (Å²) in [4.78, 5) is 15.6. The largest absolute Gasteiger partial charge is 0.478 e. The first-order chi connectivity index (χ1) is 11.9. The number of rotatable bonds is 4. The van der Waals surface area contributed by atoms with E-state index in [1.54, 1.807) is 30.3 Å². The molecule has 0 aliphatic carbocycles. The Kier molecular flexibility index (Phi) is 4.12. The van der Waals surface area contributed by atoms with E-state index in [0.717, 1.165) is 11.1 Å². The minimum atomic E-state index is -1.00. The second-order valence-electron chi connectivity index (χ2n) is 5.62. The van der Waals surface area contributed by atoms with Crippen molar-refractivity contribution in [1.29, 1.82) is 0 Å². The van der Waals surface area contributed by atoms with E-state index in [1.807, 2.05) is 11.6 Å². The smallest absolute Gasteiger partial charge is 0.335 e. The number of aryl methyl sites for hydroxylation is 1. The number of amidine groups is 1. The van der Waals surface area contributed by atoms with Crippen molar-refractivity contribution in [3.8, 4) is 0 Å². The Morgan fingerprint density at radius 3 is 2.44 bits per heavy atom. The van der Waals surface area contributed by atoms with Gasteiger partial charge in [-0.15, -0.1) is 0 Å². The zero-order valence-corrected chi connectivity index (χ0v) is 13.4. The zero-order chi connectivity index (χ0) is 18.1. The number of carboxylic acids is 1. The summed E-state index contributed by atoms with van der Waals surface area (Å²) in [5.74, 6) is -0.379. The van der Waals surface area contributed by atoms with Crippen LogP contribution >= 0.6 is 0 Å². The maximum atomic E-state index is 11.1. The van der Waals surface area contributed by atoms with Crippen LogP contribution in [-0.2, 0) is 7.05 Å². The van der Waals surface area contributed by atoms with Crippen LogP contribution in [0.15, 0.2) is 47.6 Å². The van der Waals surface area contributed by atoms with E-state index in [0.29, 0.717) is 16.9 Å². The molecule has 0 saturated heterocycles. The maximum Gasteiger partial charge on any atom is 0.335 e. The van der Waals surface area contributed by atoms with Crippen molar-refractivity contribution < 1.29 is 15.1 Å². The number of nitrogens with zero attached hydrogens (tertiary/aromatic N) is 3. The number of imidazole rings is 1. The number of aromatic carboxylic acids is 1. The van der Waals surface area contributed by atoms with Gasteiger partial charge in [0.1, 0.15) is 5.82 Å². The molecular formula is C17H17N5O3.